The number of methoxy groups -OCH3 is 2. The van der Waals surface area contributed by atoms with Crippen LogP contribution < -0.4 is 24.4 Å². The molecule has 0 spiro atoms. The minimum atomic E-state index is -0.386. The monoisotopic (exact) mass is 400 g/mol. The van der Waals surface area contributed by atoms with Crippen molar-refractivity contribution >= 4 is 10.8 Å². The van der Waals surface area contributed by atoms with Gasteiger partial charge in [0, 0.05) is 10.8 Å². The van der Waals surface area contributed by atoms with Gasteiger partial charge < -0.3 is 18.9 Å². The Morgan fingerprint density at radius 3 is 1.30 bits per heavy atom. The van der Waals surface area contributed by atoms with Crippen LogP contribution in [-0.2, 0) is 0 Å². The smallest absolute Gasteiger partial charge is 0.263 e. The van der Waals surface area contributed by atoms with Crippen molar-refractivity contribution in [3.8, 4) is 34.5 Å². The summed E-state index contributed by atoms with van der Waals surface area (Å²) >= 11 is 0. The van der Waals surface area contributed by atoms with Crippen molar-refractivity contribution in [1.82, 2.24) is 0 Å². The maximum atomic E-state index is 13.4. The molecule has 0 aromatic heterocycles. The molecule has 0 amide bonds. The number of rotatable bonds is 6. The first kappa shape index (κ1) is 19.3. The molecule has 30 heavy (non-hydrogen) atoms. The molecule has 0 saturated heterocycles. The van der Waals surface area contributed by atoms with E-state index in [1.165, 1.54) is 0 Å². The van der Waals surface area contributed by atoms with Crippen LogP contribution in [-0.4, -0.2) is 14.2 Å². The second-order valence-corrected chi connectivity index (χ2v) is 6.47. The molecule has 0 radical (unpaired) electrons. The lowest BCUT2D eigenvalue weighted by Gasteiger charge is -2.08. The molecule has 150 valence electrons. The van der Waals surface area contributed by atoms with E-state index in [1.807, 2.05) is 36.4 Å². The first-order valence-electron chi connectivity index (χ1n) is 9.38. The van der Waals surface area contributed by atoms with Crippen LogP contribution in [0.25, 0.3) is 10.8 Å². The van der Waals surface area contributed by atoms with Crippen molar-refractivity contribution in [3.63, 3.8) is 0 Å². The van der Waals surface area contributed by atoms with E-state index in [1.54, 1.807) is 62.8 Å². The largest absolute Gasteiger partial charge is 0.496 e. The van der Waals surface area contributed by atoms with Crippen LogP contribution in [0.1, 0.15) is 0 Å². The quantitative estimate of drug-likeness (QED) is 0.409. The fraction of sp³-hybridized carbons (Fsp3) is 0.0800. The van der Waals surface area contributed by atoms with Crippen molar-refractivity contribution in [2.24, 2.45) is 0 Å². The van der Waals surface area contributed by atoms with E-state index < -0.39 is 0 Å². The lowest BCUT2D eigenvalue weighted by molar-refractivity contribution is 0.410. The van der Waals surface area contributed by atoms with E-state index in [9.17, 15) is 4.79 Å². The highest BCUT2D eigenvalue weighted by atomic mass is 16.5. The molecule has 0 N–H and O–H groups in total. The molecule has 5 nitrogen and oxygen atoms in total. The van der Waals surface area contributed by atoms with E-state index in [0.717, 1.165) is 0 Å². The summed E-state index contributed by atoms with van der Waals surface area (Å²) in [4.78, 5) is 13.4. The van der Waals surface area contributed by atoms with Crippen LogP contribution in [0, 0.1) is 0 Å². The van der Waals surface area contributed by atoms with Gasteiger partial charge in [-0.15, -0.1) is 0 Å². The fourth-order valence-corrected chi connectivity index (χ4v) is 3.15. The van der Waals surface area contributed by atoms with Crippen molar-refractivity contribution in [2.45, 2.75) is 0 Å². The second kappa shape index (κ2) is 8.57. The van der Waals surface area contributed by atoms with Gasteiger partial charge in [-0.1, -0.05) is 36.4 Å². The average molecular weight is 400 g/mol. The molecule has 0 heterocycles. The van der Waals surface area contributed by atoms with Gasteiger partial charge in [0.2, 0.25) is 0 Å². The summed E-state index contributed by atoms with van der Waals surface area (Å²) in [5.41, 5.74) is -0.386. The van der Waals surface area contributed by atoms with Gasteiger partial charge in [-0.3, -0.25) is 4.79 Å². The Balaban J connectivity index is 1.99. The average Bonchev–Trinajstić information content (AvgIpc) is 2.92. The van der Waals surface area contributed by atoms with Crippen LogP contribution in [0.3, 0.4) is 0 Å². The predicted octanol–water partition coefficient (Wildman–Crippen LogP) is 5.80. The highest BCUT2D eigenvalue weighted by molar-refractivity contribution is 5.94. The van der Waals surface area contributed by atoms with Crippen molar-refractivity contribution < 1.29 is 18.9 Å². The number of para-hydroxylation sites is 2. The Kier molecular flexibility index (Phi) is 5.52. The standard InChI is InChI=1S/C25H20O5/c1-27-21-13-14-22(28-2)20-16-24(30-18-11-7-4-8-12-18)25(26)23(15-19(20)21)29-17-9-5-3-6-10-17/h3-16H,1-2H3. The van der Waals surface area contributed by atoms with Gasteiger partial charge in [-0.25, -0.2) is 0 Å². The van der Waals surface area contributed by atoms with Crippen molar-refractivity contribution in [3.05, 3.63) is 95.2 Å². The number of ether oxygens (including phenoxy) is 4. The first-order valence-corrected chi connectivity index (χ1v) is 9.38. The zero-order valence-electron chi connectivity index (χ0n) is 16.6. The molecular weight excluding hydrogens is 380 g/mol. The van der Waals surface area contributed by atoms with Crippen LogP contribution in [0.15, 0.2) is 89.7 Å². The Labute approximate surface area is 174 Å². The van der Waals surface area contributed by atoms with E-state index in [0.29, 0.717) is 33.8 Å². The molecular formula is C25H20O5. The van der Waals surface area contributed by atoms with Gasteiger partial charge in [0.1, 0.15) is 23.0 Å². The summed E-state index contributed by atoms with van der Waals surface area (Å²) in [5, 5.41) is 1.34. The zero-order valence-corrected chi connectivity index (χ0v) is 16.6. The van der Waals surface area contributed by atoms with Gasteiger partial charge in [-0.2, -0.15) is 0 Å². The molecule has 0 saturated carbocycles. The first-order chi connectivity index (χ1) is 14.7. The number of hydrogen-bond donors (Lipinski definition) is 0. The normalized spacial score (nSPS) is 10.5. The molecule has 0 aliphatic carbocycles. The Bertz CT molecular complexity index is 1130. The van der Waals surface area contributed by atoms with Gasteiger partial charge in [0.25, 0.3) is 5.43 Å². The fourth-order valence-electron chi connectivity index (χ4n) is 3.15. The topological polar surface area (TPSA) is 54.0 Å². The van der Waals surface area contributed by atoms with E-state index in [2.05, 4.69) is 0 Å². The summed E-state index contributed by atoms with van der Waals surface area (Å²) in [6, 6.07) is 25.1. The third kappa shape index (κ3) is 3.91. The van der Waals surface area contributed by atoms with Crippen molar-refractivity contribution in [1.29, 1.82) is 0 Å². The van der Waals surface area contributed by atoms with Gasteiger partial charge in [-0.05, 0) is 48.5 Å². The van der Waals surface area contributed by atoms with E-state index >= 15 is 0 Å². The number of fused-ring (bicyclic) bond motifs is 1. The molecule has 0 aliphatic rings. The minimum Gasteiger partial charge on any atom is -0.496 e. The predicted molar refractivity (Wildman–Crippen MR) is 116 cm³/mol. The van der Waals surface area contributed by atoms with Crippen LogP contribution in [0.2, 0.25) is 0 Å². The summed E-state index contributed by atoms with van der Waals surface area (Å²) < 4.78 is 22.9. The SMILES string of the molecule is COc1ccc(OC)c2cc(Oc3ccccc3)c(=O)c(Oc3ccccc3)cc12. The third-order valence-corrected chi connectivity index (χ3v) is 4.59. The number of hydrogen-bond acceptors (Lipinski definition) is 5. The van der Waals surface area contributed by atoms with Crippen LogP contribution in [0.4, 0.5) is 0 Å². The highest BCUT2D eigenvalue weighted by Gasteiger charge is 2.15. The number of benzene rings is 3. The van der Waals surface area contributed by atoms with Gasteiger partial charge in [0.05, 0.1) is 14.2 Å². The summed E-state index contributed by atoms with van der Waals surface area (Å²) in [7, 11) is 3.15. The van der Waals surface area contributed by atoms with Crippen LogP contribution in [0.5, 0.6) is 34.5 Å². The molecule has 0 bridgehead atoms. The highest BCUT2D eigenvalue weighted by Crippen LogP contribution is 2.36. The molecule has 0 fully saturated rings. The van der Waals surface area contributed by atoms with Crippen LogP contribution >= 0.6 is 0 Å². The molecule has 0 atom stereocenters. The van der Waals surface area contributed by atoms with Crippen molar-refractivity contribution in [2.75, 3.05) is 14.2 Å². The summed E-state index contributed by atoms with van der Waals surface area (Å²) in [6.45, 7) is 0. The Morgan fingerprint density at radius 2 is 0.933 bits per heavy atom. The summed E-state index contributed by atoms with van der Waals surface area (Å²) in [5.74, 6) is 2.50. The van der Waals surface area contributed by atoms with Gasteiger partial charge >= 0.3 is 0 Å². The zero-order chi connectivity index (χ0) is 20.9. The minimum absolute atomic E-state index is 0.119. The maximum Gasteiger partial charge on any atom is 0.263 e. The molecule has 4 rings (SSSR count). The molecule has 5 heteroatoms. The third-order valence-electron chi connectivity index (χ3n) is 4.59. The lowest BCUT2D eigenvalue weighted by atomic mass is 10.1. The second-order valence-electron chi connectivity index (χ2n) is 6.47. The molecule has 4 aromatic carbocycles. The molecule has 4 aromatic rings. The van der Waals surface area contributed by atoms with Gasteiger partial charge in [0.15, 0.2) is 11.5 Å². The lowest BCUT2D eigenvalue weighted by Crippen LogP contribution is -2.05. The molecule has 0 aliphatic heterocycles. The summed E-state index contributed by atoms with van der Waals surface area (Å²) in [6.07, 6.45) is 0. The molecule has 0 unspecified atom stereocenters. The maximum absolute atomic E-state index is 13.4. The Morgan fingerprint density at radius 1 is 0.533 bits per heavy atom. The van der Waals surface area contributed by atoms with E-state index in [-0.39, 0.29) is 16.9 Å². The van der Waals surface area contributed by atoms with E-state index in [4.69, 9.17) is 18.9 Å². The Hall–Kier alpha value is -3.99.